The van der Waals surface area contributed by atoms with Crippen molar-refractivity contribution in [3.63, 3.8) is 0 Å². The van der Waals surface area contributed by atoms with Crippen molar-refractivity contribution in [3.8, 4) is 0 Å². The lowest BCUT2D eigenvalue weighted by atomic mass is 9.91. The molecule has 6 heteroatoms. The molecule has 0 aliphatic carbocycles. The summed E-state index contributed by atoms with van der Waals surface area (Å²) in [5, 5.41) is 6.09. The fourth-order valence-electron chi connectivity index (χ4n) is 2.89. The fraction of sp³-hybridized carbons (Fsp3) is 0.533. The predicted octanol–water partition coefficient (Wildman–Crippen LogP) is 1.95. The van der Waals surface area contributed by atoms with E-state index in [0.717, 1.165) is 38.5 Å². The van der Waals surface area contributed by atoms with Crippen LogP contribution in [-0.4, -0.2) is 32.7 Å². The van der Waals surface area contributed by atoms with Crippen LogP contribution in [0.5, 0.6) is 0 Å². The number of benzene rings is 1. The molecule has 1 heterocycles. The highest BCUT2D eigenvalue weighted by Crippen LogP contribution is 2.28. The first-order valence-corrected chi connectivity index (χ1v) is 9.14. The average Bonchev–Trinajstić information content (AvgIpc) is 2.88. The van der Waals surface area contributed by atoms with Crippen LogP contribution >= 0.6 is 0 Å². The van der Waals surface area contributed by atoms with Gasteiger partial charge in [0.1, 0.15) is 0 Å². The molecule has 1 aliphatic heterocycles. The molecule has 1 aromatic carbocycles. The van der Waals surface area contributed by atoms with Crippen LogP contribution in [0.15, 0.2) is 29.2 Å². The summed E-state index contributed by atoms with van der Waals surface area (Å²) >= 11 is 0. The first-order valence-electron chi connectivity index (χ1n) is 7.24. The summed E-state index contributed by atoms with van der Waals surface area (Å²) in [4.78, 5) is 12.8. The second kappa shape index (κ2) is 6.15. The number of hydrogen-bond acceptors (Lipinski definition) is 4. The molecule has 2 rings (SSSR count). The summed E-state index contributed by atoms with van der Waals surface area (Å²) < 4.78 is 23.6. The van der Waals surface area contributed by atoms with Gasteiger partial charge in [0.25, 0.3) is 0 Å². The molecule has 5 nitrogen and oxygen atoms in total. The average molecular weight is 310 g/mol. The zero-order valence-electron chi connectivity index (χ0n) is 12.5. The molecule has 116 valence electrons. The van der Waals surface area contributed by atoms with Crippen LogP contribution in [0, 0.1) is 0 Å². The Hall–Kier alpha value is -1.40. The van der Waals surface area contributed by atoms with Crippen LogP contribution in [0.4, 0.5) is 5.69 Å². The smallest absolute Gasteiger partial charge is 0.244 e. The van der Waals surface area contributed by atoms with Crippen LogP contribution in [0.2, 0.25) is 0 Å². The monoisotopic (exact) mass is 310 g/mol. The maximum Gasteiger partial charge on any atom is 0.244 e. The molecular formula is C15H22N2O3S. The summed E-state index contributed by atoms with van der Waals surface area (Å²) in [5.41, 5.74) is -0.214. The van der Waals surface area contributed by atoms with Gasteiger partial charge in [-0.2, -0.15) is 0 Å². The summed E-state index contributed by atoms with van der Waals surface area (Å²) in [6, 6.07) is 6.52. The molecule has 1 atom stereocenters. The molecule has 2 N–H and O–H groups in total. The van der Waals surface area contributed by atoms with Crippen molar-refractivity contribution in [1.82, 2.24) is 5.32 Å². The zero-order valence-corrected chi connectivity index (χ0v) is 13.3. The standard InChI is InChI=1S/C15H22N2O3S/c1-3-9-15(10-6-11-16-15)14(18)17-12-7-4-5-8-13(12)21(2,19)20/h4-5,7-8,16H,3,6,9-11H2,1-2H3,(H,17,18). The Morgan fingerprint density at radius 1 is 1.38 bits per heavy atom. The summed E-state index contributed by atoms with van der Waals surface area (Å²) in [7, 11) is -3.37. The van der Waals surface area contributed by atoms with Crippen LogP contribution in [0.3, 0.4) is 0 Å². The molecule has 1 unspecified atom stereocenters. The molecule has 21 heavy (non-hydrogen) atoms. The third kappa shape index (κ3) is 3.44. The Morgan fingerprint density at radius 2 is 2.10 bits per heavy atom. The van der Waals surface area contributed by atoms with E-state index in [9.17, 15) is 13.2 Å². The van der Waals surface area contributed by atoms with Crippen molar-refractivity contribution in [3.05, 3.63) is 24.3 Å². The van der Waals surface area contributed by atoms with Crippen LogP contribution < -0.4 is 10.6 Å². The van der Waals surface area contributed by atoms with Crippen molar-refractivity contribution in [1.29, 1.82) is 0 Å². The number of amides is 1. The highest BCUT2D eigenvalue weighted by Gasteiger charge is 2.40. The van der Waals surface area contributed by atoms with Gasteiger partial charge in [-0.25, -0.2) is 8.42 Å². The SMILES string of the molecule is CCCC1(C(=O)Nc2ccccc2S(C)(=O)=O)CCCN1. The quantitative estimate of drug-likeness (QED) is 0.871. The van der Waals surface area contributed by atoms with Gasteiger partial charge in [0.2, 0.25) is 5.91 Å². The first kappa shape index (κ1) is 16.0. The number of nitrogens with one attached hydrogen (secondary N) is 2. The van der Waals surface area contributed by atoms with Gasteiger partial charge in [0.15, 0.2) is 9.84 Å². The minimum atomic E-state index is -3.37. The van der Waals surface area contributed by atoms with E-state index in [4.69, 9.17) is 0 Å². The number of sulfone groups is 1. The van der Waals surface area contributed by atoms with E-state index in [-0.39, 0.29) is 10.8 Å². The summed E-state index contributed by atoms with van der Waals surface area (Å²) in [6.45, 7) is 2.86. The first-order chi connectivity index (χ1) is 9.89. The Balaban J connectivity index is 2.28. The molecule has 0 bridgehead atoms. The normalized spacial score (nSPS) is 22.2. The van der Waals surface area contributed by atoms with Crippen LogP contribution in [0.1, 0.15) is 32.6 Å². The number of para-hydroxylation sites is 1. The lowest BCUT2D eigenvalue weighted by Gasteiger charge is -2.28. The minimum absolute atomic E-state index is 0.141. The van der Waals surface area contributed by atoms with E-state index in [1.54, 1.807) is 18.2 Å². The van der Waals surface area contributed by atoms with Gasteiger partial charge in [-0.1, -0.05) is 25.5 Å². The Bertz CT molecular complexity index is 620. The van der Waals surface area contributed by atoms with Crippen molar-refractivity contribution < 1.29 is 13.2 Å². The number of carbonyl (C=O) groups excluding carboxylic acids is 1. The van der Waals surface area contributed by atoms with Gasteiger partial charge in [-0.3, -0.25) is 4.79 Å². The summed E-state index contributed by atoms with van der Waals surface area (Å²) in [6.07, 6.45) is 4.54. The maximum absolute atomic E-state index is 12.6. The molecule has 0 radical (unpaired) electrons. The molecule has 1 amide bonds. The van der Waals surface area contributed by atoms with Gasteiger partial charge in [0.05, 0.1) is 16.1 Å². The van der Waals surface area contributed by atoms with E-state index in [0.29, 0.717) is 5.69 Å². The number of anilines is 1. The molecule has 1 fully saturated rings. The lowest BCUT2D eigenvalue weighted by Crippen LogP contribution is -2.50. The second-order valence-corrected chi connectivity index (χ2v) is 7.57. The molecule has 1 saturated heterocycles. The molecule has 0 saturated carbocycles. The zero-order chi connectivity index (χ0) is 15.5. The van der Waals surface area contributed by atoms with E-state index in [2.05, 4.69) is 10.6 Å². The molecule has 0 aromatic heterocycles. The Morgan fingerprint density at radius 3 is 2.67 bits per heavy atom. The molecule has 1 aromatic rings. The van der Waals surface area contributed by atoms with Gasteiger partial charge in [-0.15, -0.1) is 0 Å². The van der Waals surface area contributed by atoms with Crippen LogP contribution in [0.25, 0.3) is 0 Å². The predicted molar refractivity (Wildman–Crippen MR) is 83.1 cm³/mol. The topological polar surface area (TPSA) is 75.3 Å². The Kier molecular flexibility index (Phi) is 4.68. The largest absolute Gasteiger partial charge is 0.323 e. The van der Waals surface area contributed by atoms with Gasteiger partial charge in [-0.05, 0) is 37.9 Å². The van der Waals surface area contributed by atoms with Gasteiger partial charge < -0.3 is 10.6 Å². The van der Waals surface area contributed by atoms with Crippen molar-refractivity contribution in [2.24, 2.45) is 0 Å². The van der Waals surface area contributed by atoms with E-state index < -0.39 is 15.4 Å². The van der Waals surface area contributed by atoms with Crippen molar-refractivity contribution in [2.45, 2.75) is 43.0 Å². The van der Waals surface area contributed by atoms with E-state index >= 15 is 0 Å². The highest BCUT2D eigenvalue weighted by atomic mass is 32.2. The number of rotatable bonds is 5. The lowest BCUT2D eigenvalue weighted by molar-refractivity contribution is -0.122. The maximum atomic E-state index is 12.6. The van der Waals surface area contributed by atoms with Crippen molar-refractivity contribution >= 4 is 21.4 Å². The molecular weight excluding hydrogens is 288 g/mol. The number of carbonyl (C=O) groups is 1. The second-order valence-electron chi connectivity index (χ2n) is 5.58. The summed E-state index contributed by atoms with van der Waals surface area (Å²) in [5.74, 6) is -0.141. The minimum Gasteiger partial charge on any atom is -0.323 e. The third-order valence-corrected chi connectivity index (χ3v) is 5.04. The fourth-order valence-corrected chi connectivity index (χ4v) is 3.73. The van der Waals surface area contributed by atoms with E-state index in [1.165, 1.54) is 6.07 Å². The molecule has 1 aliphatic rings. The van der Waals surface area contributed by atoms with Crippen molar-refractivity contribution in [2.75, 3.05) is 18.1 Å². The number of hydrogen-bond donors (Lipinski definition) is 2. The van der Waals surface area contributed by atoms with E-state index in [1.807, 2.05) is 6.92 Å². The van der Waals surface area contributed by atoms with Crippen LogP contribution in [-0.2, 0) is 14.6 Å². The third-order valence-electron chi connectivity index (χ3n) is 3.89. The Labute approximate surface area is 126 Å². The molecule has 0 spiro atoms. The highest BCUT2D eigenvalue weighted by molar-refractivity contribution is 7.90. The van der Waals surface area contributed by atoms with Gasteiger partial charge in [0, 0.05) is 6.26 Å². The van der Waals surface area contributed by atoms with Gasteiger partial charge >= 0.3 is 0 Å².